The number of carbonyl (C=O) groups excluding carboxylic acids is 1. The van der Waals surface area contributed by atoms with E-state index in [2.05, 4.69) is 4.98 Å². The maximum Gasteiger partial charge on any atom is 0.254 e. The fraction of sp³-hybridized carbons (Fsp3) is 0.238. The number of hydrogen-bond acceptors (Lipinski definition) is 2. The lowest BCUT2D eigenvalue weighted by atomic mass is 10.0. The van der Waals surface area contributed by atoms with Crippen molar-refractivity contribution < 1.29 is 9.18 Å². The molecular weight excluding hydrogens is 351 g/mol. The Morgan fingerprint density at radius 3 is 2.62 bits per heavy atom. The normalized spacial score (nSPS) is 11.2. The third kappa shape index (κ3) is 3.56. The number of carbonyl (C=O) groups is 1. The summed E-state index contributed by atoms with van der Waals surface area (Å²) in [6, 6.07) is 13.9. The molecule has 26 heavy (non-hydrogen) atoms. The van der Waals surface area contributed by atoms with Gasteiger partial charge in [0.25, 0.3) is 5.91 Å². The molecule has 0 aliphatic rings. The van der Waals surface area contributed by atoms with E-state index in [9.17, 15) is 9.18 Å². The molecular formula is C21H20ClFN2O. The molecule has 5 heteroatoms. The van der Waals surface area contributed by atoms with E-state index in [-0.39, 0.29) is 18.4 Å². The van der Waals surface area contributed by atoms with Crippen LogP contribution >= 0.6 is 11.6 Å². The summed E-state index contributed by atoms with van der Waals surface area (Å²) < 4.78 is 14.1. The van der Waals surface area contributed by atoms with Gasteiger partial charge in [-0.3, -0.25) is 9.78 Å². The molecule has 3 nitrogen and oxygen atoms in total. The first kappa shape index (κ1) is 18.3. The number of rotatable bonds is 4. The molecule has 0 atom stereocenters. The molecule has 1 heterocycles. The van der Waals surface area contributed by atoms with E-state index in [1.807, 2.05) is 44.2 Å². The first-order chi connectivity index (χ1) is 12.4. The van der Waals surface area contributed by atoms with Gasteiger partial charge in [0.2, 0.25) is 0 Å². The van der Waals surface area contributed by atoms with Crippen LogP contribution in [0.2, 0.25) is 5.02 Å². The minimum Gasteiger partial charge on any atom is -0.337 e. The smallest absolute Gasteiger partial charge is 0.254 e. The molecule has 0 bridgehead atoms. The second-order valence-electron chi connectivity index (χ2n) is 6.63. The molecule has 3 aromatic rings. The first-order valence-corrected chi connectivity index (χ1v) is 8.84. The molecule has 0 fully saturated rings. The lowest BCUT2D eigenvalue weighted by molar-refractivity contribution is 0.0785. The van der Waals surface area contributed by atoms with Gasteiger partial charge in [-0.2, -0.15) is 0 Å². The lowest BCUT2D eigenvalue weighted by Crippen LogP contribution is -2.27. The molecule has 3 rings (SSSR count). The van der Waals surface area contributed by atoms with Gasteiger partial charge in [0.15, 0.2) is 0 Å². The molecule has 0 aliphatic carbocycles. The number of aromatic nitrogens is 1. The Morgan fingerprint density at radius 2 is 1.92 bits per heavy atom. The summed E-state index contributed by atoms with van der Waals surface area (Å²) in [5.41, 5.74) is 2.51. The number of halogens is 2. The predicted molar refractivity (Wildman–Crippen MR) is 103 cm³/mol. The summed E-state index contributed by atoms with van der Waals surface area (Å²) in [6.07, 6.45) is 0. The van der Waals surface area contributed by atoms with Crippen LogP contribution in [0.1, 0.15) is 41.4 Å². The zero-order chi connectivity index (χ0) is 18.8. The van der Waals surface area contributed by atoms with Crippen molar-refractivity contribution in [2.45, 2.75) is 26.3 Å². The van der Waals surface area contributed by atoms with Gasteiger partial charge in [0, 0.05) is 35.3 Å². The third-order valence-corrected chi connectivity index (χ3v) is 4.72. The zero-order valence-corrected chi connectivity index (χ0v) is 15.7. The van der Waals surface area contributed by atoms with Crippen LogP contribution in [0.15, 0.2) is 48.5 Å². The molecule has 1 amide bonds. The van der Waals surface area contributed by atoms with E-state index in [4.69, 9.17) is 11.6 Å². The van der Waals surface area contributed by atoms with Gasteiger partial charge in [-0.15, -0.1) is 0 Å². The predicted octanol–water partition coefficient (Wildman–Crippen LogP) is 5.42. The molecule has 2 aromatic carbocycles. The second-order valence-corrected chi connectivity index (χ2v) is 7.04. The Balaban J connectivity index is 2.01. The minimum absolute atomic E-state index is 0.0952. The summed E-state index contributed by atoms with van der Waals surface area (Å²) in [6.45, 7) is 4.17. The maximum absolute atomic E-state index is 14.1. The van der Waals surface area contributed by atoms with E-state index in [1.165, 1.54) is 11.0 Å². The average molecular weight is 371 g/mol. The van der Waals surface area contributed by atoms with E-state index < -0.39 is 5.82 Å². The van der Waals surface area contributed by atoms with Crippen molar-refractivity contribution in [3.05, 3.63) is 76.2 Å². The first-order valence-electron chi connectivity index (χ1n) is 8.46. The summed E-state index contributed by atoms with van der Waals surface area (Å²) in [5.74, 6) is -0.415. The number of para-hydroxylation sites is 1. The molecule has 0 spiro atoms. The third-order valence-electron chi connectivity index (χ3n) is 4.36. The van der Waals surface area contributed by atoms with Gasteiger partial charge < -0.3 is 4.90 Å². The van der Waals surface area contributed by atoms with Crippen LogP contribution in [0.25, 0.3) is 10.9 Å². The van der Waals surface area contributed by atoms with Crippen molar-refractivity contribution in [1.29, 1.82) is 0 Å². The topological polar surface area (TPSA) is 33.2 Å². The van der Waals surface area contributed by atoms with E-state index in [0.717, 1.165) is 16.6 Å². The number of nitrogens with zero attached hydrogens (tertiary/aromatic N) is 2. The van der Waals surface area contributed by atoms with Crippen molar-refractivity contribution in [1.82, 2.24) is 9.88 Å². The number of amides is 1. The van der Waals surface area contributed by atoms with Gasteiger partial charge in [0.05, 0.1) is 11.1 Å². The Hall–Kier alpha value is -2.46. The fourth-order valence-corrected chi connectivity index (χ4v) is 3.09. The Morgan fingerprint density at radius 1 is 1.19 bits per heavy atom. The molecule has 0 unspecified atom stereocenters. The van der Waals surface area contributed by atoms with Crippen molar-refractivity contribution in [3.8, 4) is 0 Å². The molecule has 0 aliphatic heterocycles. The molecule has 0 saturated heterocycles. The Bertz CT molecular complexity index is 951. The van der Waals surface area contributed by atoms with Crippen molar-refractivity contribution in [2.75, 3.05) is 7.05 Å². The van der Waals surface area contributed by atoms with Crippen LogP contribution in [-0.4, -0.2) is 22.8 Å². The minimum atomic E-state index is -0.417. The maximum atomic E-state index is 14.1. The van der Waals surface area contributed by atoms with Crippen molar-refractivity contribution in [3.63, 3.8) is 0 Å². The van der Waals surface area contributed by atoms with Crippen molar-refractivity contribution >= 4 is 28.4 Å². The van der Waals surface area contributed by atoms with E-state index in [1.54, 1.807) is 19.2 Å². The van der Waals surface area contributed by atoms with Gasteiger partial charge in [-0.1, -0.05) is 49.7 Å². The Labute approximate surface area is 157 Å². The Kier molecular flexibility index (Phi) is 5.23. The highest BCUT2D eigenvalue weighted by molar-refractivity contribution is 6.31. The monoisotopic (exact) mass is 370 g/mol. The van der Waals surface area contributed by atoms with Crippen LogP contribution in [0.3, 0.4) is 0 Å². The average Bonchev–Trinajstić information content (AvgIpc) is 2.63. The SMILES string of the molecule is CC(C)c1cc(C(=O)N(C)Cc2c(F)cccc2Cl)c2ccccc2n1. The molecule has 134 valence electrons. The van der Waals surface area contributed by atoms with Crippen LogP contribution in [-0.2, 0) is 6.54 Å². The van der Waals surface area contributed by atoms with Crippen LogP contribution in [0.4, 0.5) is 4.39 Å². The van der Waals surface area contributed by atoms with E-state index >= 15 is 0 Å². The highest BCUT2D eigenvalue weighted by Gasteiger charge is 2.19. The fourth-order valence-electron chi connectivity index (χ4n) is 2.87. The van der Waals surface area contributed by atoms with Gasteiger partial charge in [-0.05, 0) is 30.2 Å². The summed E-state index contributed by atoms with van der Waals surface area (Å²) in [5, 5.41) is 1.10. The standard InChI is InChI=1S/C21H20ClFN2O/c1-13(2)20-11-15(14-7-4-5-10-19(14)24-20)21(26)25(3)12-16-17(22)8-6-9-18(16)23/h4-11,13H,12H2,1-3H3. The number of fused-ring (bicyclic) bond motifs is 1. The largest absolute Gasteiger partial charge is 0.337 e. The molecule has 0 N–H and O–H groups in total. The molecule has 1 aromatic heterocycles. The van der Waals surface area contributed by atoms with Crippen molar-refractivity contribution in [2.24, 2.45) is 0 Å². The molecule has 0 saturated carbocycles. The van der Waals surface area contributed by atoms with Gasteiger partial charge in [-0.25, -0.2) is 4.39 Å². The number of benzene rings is 2. The number of hydrogen-bond donors (Lipinski definition) is 0. The summed E-state index contributed by atoms with van der Waals surface area (Å²) in [7, 11) is 1.65. The van der Waals surface area contributed by atoms with Crippen LogP contribution < -0.4 is 0 Å². The van der Waals surface area contributed by atoms with Gasteiger partial charge >= 0.3 is 0 Å². The van der Waals surface area contributed by atoms with Gasteiger partial charge in [0.1, 0.15) is 5.82 Å². The quantitative estimate of drug-likeness (QED) is 0.614. The molecule has 0 radical (unpaired) electrons. The zero-order valence-electron chi connectivity index (χ0n) is 15.0. The summed E-state index contributed by atoms with van der Waals surface area (Å²) >= 11 is 6.10. The summed E-state index contributed by atoms with van der Waals surface area (Å²) in [4.78, 5) is 19.2. The second kappa shape index (κ2) is 7.42. The van der Waals surface area contributed by atoms with Crippen LogP contribution in [0, 0.1) is 5.82 Å². The number of pyridine rings is 1. The highest BCUT2D eigenvalue weighted by Crippen LogP contribution is 2.25. The van der Waals surface area contributed by atoms with E-state index in [0.29, 0.717) is 16.1 Å². The van der Waals surface area contributed by atoms with Crippen LogP contribution in [0.5, 0.6) is 0 Å². The lowest BCUT2D eigenvalue weighted by Gasteiger charge is -2.20. The highest BCUT2D eigenvalue weighted by atomic mass is 35.5.